The first-order chi connectivity index (χ1) is 16.1. The molecule has 1 atom stereocenters. The molecule has 1 amide bonds. The van der Waals surface area contributed by atoms with Crippen molar-refractivity contribution in [1.29, 1.82) is 0 Å². The van der Waals surface area contributed by atoms with Crippen molar-refractivity contribution in [3.05, 3.63) is 95.9 Å². The predicted octanol–water partition coefficient (Wildman–Crippen LogP) is 6.00. The summed E-state index contributed by atoms with van der Waals surface area (Å²) in [4.78, 5) is 12.9. The number of aromatic nitrogens is 2. The minimum absolute atomic E-state index is 0.348. The van der Waals surface area contributed by atoms with Crippen LogP contribution in [0, 0.1) is 11.2 Å². The van der Waals surface area contributed by atoms with Gasteiger partial charge >= 0.3 is 6.18 Å². The molecule has 1 aromatic heterocycles. The van der Waals surface area contributed by atoms with E-state index < -0.39 is 30.0 Å². The quantitative estimate of drug-likeness (QED) is 0.352. The Morgan fingerprint density at radius 3 is 2.29 bits per heavy atom. The normalized spacial score (nSPS) is 13.1. The number of benzene rings is 3. The van der Waals surface area contributed by atoms with Gasteiger partial charge in [0.25, 0.3) is 0 Å². The molecule has 0 saturated heterocycles. The minimum Gasteiger partial charge on any atom is -0.346 e. The number of nitrogens with zero attached hydrogens (tertiary/aromatic N) is 2. The third-order valence-corrected chi connectivity index (χ3v) is 5.89. The number of fused-ring (bicyclic) bond motifs is 1. The van der Waals surface area contributed by atoms with Gasteiger partial charge in [0.05, 0.1) is 22.8 Å². The first-order valence-corrected chi connectivity index (χ1v) is 10.7. The molecule has 4 aromatic rings. The fraction of sp³-hybridized carbons (Fsp3) is 0.231. The number of amides is 1. The van der Waals surface area contributed by atoms with E-state index in [9.17, 15) is 22.4 Å². The highest BCUT2D eigenvalue weighted by Gasteiger charge is 2.40. The van der Waals surface area contributed by atoms with E-state index in [-0.39, 0.29) is 5.82 Å². The molecule has 34 heavy (non-hydrogen) atoms. The Bertz CT molecular complexity index is 1300. The smallest absolute Gasteiger partial charge is 0.346 e. The van der Waals surface area contributed by atoms with Crippen molar-refractivity contribution in [3.8, 4) is 5.69 Å². The van der Waals surface area contributed by atoms with Crippen molar-refractivity contribution in [3.63, 3.8) is 0 Å². The van der Waals surface area contributed by atoms with Crippen molar-refractivity contribution < 1.29 is 22.4 Å². The van der Waals surface area contributed by atoms with Gasteiger partial charge in [0, 0.05) is 11.3 Å². The third-order valence-electron chi connectivity index (χ3n) is 5.89. The summed E-state index contributed by atoms with van der Waals surface area (Å²) >= 11 is 0. The van der Waals surface area contributed by atoms with Gasteiger partial charge in [-0.15, -0.1) is 0 Å². The first kappa shape index (κ1) is 23.5. The Morgan fingerprint density at radius 1 is 0.971 bits per heavy atom. The summed E-state index contributed by atoms with van der Waals surface area (Å²) in [6.07, 6.45) is -2.83. The Labute approximate surface area is 194 Å². The summed E-state index contributed by atoms with van der Waals surface area (Å²) in [5.41, 5.74) is 1.86. The van der Waals surface area contributed by atoms with E-state index in [2.05, 4.69) is 5.10 Å². The maximum Gasteiger partial charge on any atom is 0.405 e. The van der Waals surface area contributed by atoms with Crippen LogP contribution in [0.25, 0.3) is 16.6 Å². The fourth-order valence-corrected chi connectivity index (χ4v) is 4.23. The largest absolute Gasteiger partial charge is 0.405 e. The summed E-state index contributed by atoms with van der Waals surface area (Å²) in [7, 11) is 0. The Kier molecular flexibility index (Phi) is 6.17. The average Bonchev–Trinajstić information content (AvgIpc) is 3.21. The maximum atomic E-state index is 13.3. The molecule has 0 bridgehead atoms. The molecule has 8 heteroatoms. The molecule has 4 rings (SSSR count). The first-order valence-electron chi connectivity index (χ1n) is 10.7. The second-order valence-corrected chi connectivity index (χ2v) is 8.71. The van der Waals surface area contributed by atoms with Crippen molar-refractivity contribution in [1.82, 2.24) is 15.1 Å². The molecule has 4 nitrogen and oxygen atoms in total. The molecule has 0 fully saturated rings. The lowest BCUT2D eigenvalue weighted by molar-refractivity contribution is -0.144. The molecule has 1 unspecified atom stereocenters. The molecule has 1 heterocycles. The monoisotopic (exact) mass is 469 g/mol. The summed E-state index contributed by atoms with van der Waals surface area (Å²) < 4.78 is 53.2. The minimum atomic E-state index is -4.50. The van der Waals surface area contributed by atoms with Gasteiger partial charge < -0.3 is 5.32 Å². The van der Waals surface area contributed by atoms with E-state index in [1.807, 2.05) is 53.8 Å². The Morgan fingerprint density at radius 2 is 1.65 bits per heavy atom. The van der Waals surface area contributed by atoms with Gasteiger partial charge in [-0.1, -0.05) is 50.2 Å². The molecule has 176 valence electrons. The molecule has 0 aliphatic rings. The number of nitrogens with one attached hydrogen (secondary N) is 1. The highest BCUT2D eigenvalue weighted by molar-refractivity contribution is 5.85. The van der Waals surface area contributed by atoms with E-state index in [1.165, 1.54) is 12.1 Å². The number of carbonyl (C=O) groups is 1. The van der Waals surface area contributed by atoms with Crippen LogP contribution in [0.4, 0.5) is 17.6 Å². The standard InChI is InChI=1S/C26H23F4N3O/c1-25(2,24(34)31-16-26(28,29)30)23(17-6-4-3-5-7-17)18-8-13-22-19(14-18)15-32-33(22)21-11-9-20(27)10-12-21/h3-15,23H,16H2,1-2H3,(H,31,34). The van der Waals surface area contributed by atoms with Gasteiger partial charge in [-0.2, -0.15) is 18.3 Å². The number of hydrogen-bond donors (Lipinski definition) is 1. The molecular weight excluding hydrogens is 446 g/mol. The number of carbonyl (C=O) groups excluding carboxylic acids is 1. The van der Waals surface area contributed by atoms with Crippen LogP contribution in [0.1, 0.15) is 30.9 Å². The average molecular weight is 469 g/mol. The second kappa shape index (κ2) is 8.93. The lowest BCUT2D eigenvalue weighted by atomic mass is 9.70. The van der Waals surface area contributed by atoms with Gasteiger partial charge in [-0.25, -0.2) is 9.07 Å². The maximum absolute atomic E-state index is 13.3. The van der Waals surface area contributed by atoms with E-state index in [1.54, 1.807) is 36.9 Å². The molecule has 0 spiro atoms. The molecule has 1 N–H and O–H groups in total. The van der Waals surface area contributed by atoms with Crippen LogP contribution in [0.3, 0.4) is 0 Å². The van der Waals surface area contributed by atoms with Crippen LogP contribution in [-0.2, 0) is 4.79 Å². The molecule has 0 radical (unpaired) electrons. The fourth-order valence-electron chi connectivity index (χ4n) is 4.23. The lowest BCUT2D eigenvalue weighted by Gasteiger charge is -2.34. The molecule has 0 aliphatic heterocycles. The molecular formula is C26H23F4N3O. The zero-order valence-electron chi connectivity index (χ0n) is 18.6. The number of rotatable bonds is 6. The third kappa shape index (κ3) is 4.81. The Balaban J connectivity index is 1.75. The number of alkyl halides is 3. The van der Waals surface area contributed by atoms with E-state index in [4.69, 9.17) is 0 Å². The van der Waals surface area contributed by atoms with Crippen LogP contribution in [0.2, 0.25) is 0 Å². The van der Waals surface area contributed by atoms with Gasteiger partial charge in [-0.05, 0) is 47.5 Å². The van der Waals surface area contributed by atoms with Crippen molar-refractivity contribution in [2.75, 3.05) is 6.54 Å². The summed E-state index contributed by atoms with van der Waals surface area (Å²) in [6, 6.07) is 20.7. The zero-order chi connectivity index (χ0) is 24.5. The van der Waals surface area contributed by atoms with Crippen LogP contribution >= 0.6 is 0 Å². The van der Waals surface area contributed by atoms with Crippen molar-refractivity contribution >= 4 is 16.8 Å². The summed E-state index contributed by atoms with van der Waals surface area (Å²) in [5.74, 6) is -1.56. The van der Waals surface area contributed by atoms with Gasteiger partial charge in [0.2, 0.25) is 5.91 Å². The number of halogens is 4. The molecule has 0 saturated carbocycles. The zero-order valence-corrected chi connectivity index (χ0v) is 18.6. The van der Waals surface area contributed by atoms with Crippen molar-refractivity contribution in [2.45, 2.75) is 25.9 Å². The van der Waals surface area contributed by atoms with E-state index in [0.29, 0.717) is 5.69 Å². The van der Waals surface area contributed by atoms with E-state index in [0.717, 1.165) is 22.0 Å². The number of hydrogen-bond acceptors (Lipinski definition) is 2. The molecule has 0 aliphatic carbocycles. The van der Waals surface area contributed by atoms with Crippen LogP contribution in [0.5, 0.6) is 0 Å². The van der Waals surface area contributed by atoms with Crippen molar-refractivity contribution in [2.24, 2.45) is 5.41 Å². The topological polar surface area (TPSA) is 46.9 Å². The SMILES string of the molecule is CC(C)(C(=O)NCC(F)(F)F)C(c1ccccc1)c1ccc2c(cnn2-c2ccc(F)cc2)c1. The van der Waals surface area contributed by atoms with Gasteiger partial charge in [0.15, 0.2) is 0 Å². The summed E-state index contributed by atoms with van der Waals surface area (Å²) in [5, 5.41) is 7.24. The summed E-state index contributed by atoms with van der Waals surface area (Å²) in [6.45, 7) is 1.89. The van der Waals surface area contributed by atoms with E-state index >= 15 is 0 Å². The van der Waals surface area contributed by atoms with Crippen LogP contribution in [-0.4, -0.2) is 28.4 Å². The van der Waals surface area contributed by atoms with Crippen LogP contribution in [0.15, 0.2) is 79.0 Å². The molecule has 3 aromatic carbocycles. The highest BCUT2D eigenvalue weighted by atomic mass is 19.4. The van der Waals surface area contributed by atoms with Gasteiger partial charge in [0.1, 0.15) is 12.4 Å². The Hall–Kier alpha value is -3.68. The second-order valence-electron chi connectivity index (χ2n) is 8.71. The predicted molar refractivity (Wildman–Crippen MR) is 122 cm³/mol. The van der Waals surface area contributed by atoms with Crippen LogP contribution < -0.4 is 5.32 Å². The van der Waals surface area contributed by atoms with Gasteiger partial charge in [-0.3, -0.25) is 4.79 Å². The highest BCUT2D eigenvalue weighted by Crippen LogP contribution is 2.42. The lowest BCUT2D eigenvalue weighted by Crippen LogP contribution is -2.44.